The van der Waals surface area contributed by atoms with E-state index in [0.29, 0.717) is 11.3 Å². The molecule has 2 aromatic carbocycles. The van der Waals surface area contributed by atoms with Crippen LogP contribution < -0.4 is 10.2 Å². The van der Waals surface area contributed by atoms with Gasteiger partial charge in [-0.3, -0.25) is 9.59 Å². The molecule has 4 nitrogen and oxygen atoms in total. The van der Waals surface area contributed by atoms with Crippen molar-refractivity contribution in [2.75, 3.05) is 10.2 Å². The average Bonchev–Trinajstić information content (AvgIpc) is 2.78. The van der Waals surface area contributed by atoms with Crippen LogP contribution in [0.5, 0.6) is 0 Å². The van der Waals surface area contributed by atoms with Crippen molar-refractivity contribution in [3.8, 4) is 0 Å². The molecule has 2 amide bonds. The summed E-state index contributed by atoms with van der Waals surface area (Å²) in [7, 11) is 0. The molecule has 23 heavy (non-hydrogen) atoms. The third kappa shape index (κ3) is 2.79. The second-order valence-corrected chi connectivity index (χ2v) is 5.38. The molecule has 1 aliphatic heterocycles. The van der Waals surface area contributed by atoms with Crippen molar-refractivity contribution >= 4 is 23.2 Å². The van der Waals surface area contributed by atoms with E-state index in [4.69, 9.17) is 0 Å². The summed E-state index contributed by atoms with van der Waals surface area (Å²) in [6.45, 7) is 1.63. The minimum absolute atomic E-state index is 0.0677. The number of hydrogen-bond donors (Lipinski definition) is 1. The molecule has 0 saturated carbocycles. The largest absolute Gasteiger partial charge is 0.373 e. The number of halogens is 2. The number of nitrogens with zero attached hydrogens (tertiary/aromatic N) is 1. The van der Waals surface area contributed by atoms with Crippen LogP contribution >= 0.6 is 0 Å². The fraction of sp³-hybridized carbons (Fsp3) is 0.176. The lowest BCUT2D eigenvalue weighted by molar-refractivity contribution is -0.121. The molecule has 1 fully saturated rings. The third-order valence-corrected chi connectivity index (χ3v) is 3.75. The van der Waals surface area contributed by atoms with Crippen molar-refractivity contribution in [3.63, 3.8) is 0 Å². The molecule has 0 bridgehead atoms. The topological polar surface area (TPSA) is 49.4 Å². The molecule has 1 heterocycles. The molecule has 1 aliphatic rings. The summed E-state index contributed by atoms with van der Waals surface area (Å²) in [5, 5.41) is 2.83. The number of benzene rings is 2. The maximum Gasteiger partial charge on any atom is 0.256 e. The summed E-state index contributed by atoms with van der Waals surface area (Å²) >= 11 is 0. The van der Waals surface area contributed by atoms with Gasteiger partial charge >= 0.3 is 0 Å². The minimum atomic E-state index is -0.843. The summed E-state index contributed by atoms with van der Waals surface area (Å²) < 4.78 is 27.4. The van der Waals surface area contributed by atoms with Gasteiger partial charge in [0.05, 0.1) is 12.1 Å². The summed E-state index contributed by atoms with van der Waals surface area (Å²) in [4.78, 5) is 25.3. The van der Waals surface area contributed by atoms with Crippen LogP contribution in [0, 0.1) is 18.6 Å². The molecule has 0 aromatic heterocycles. The number of anilines is 2. The highest BCUT2D eigenvalue weighted by Gasteiger charge is 2.40. The monoisotopic (exact) mass is 316 g/mol. The van der Waals surface area contributed by atoms with Gasteiger partial charge in [0.2, 0.25) is 5.91 Å². The number of para-hydroxylation sites is 1. The van der Waals surface area contributed by atoms with Gasteiger partial charge in [-0.15, -0.1) is 0 Å². The summed E-state index contributed by atoms with van der Waals surface area (Å²) in [6.07, 6.45) is -0.108. The number of carbonyl (C=O) groups excluding carboxylic acids is 2. The van der Waals surface area contributed by atoms with E-state index < -0.39 is 29.5 Å². The van der Waals surface area contributed by atoms with E-state index in [9.17, 15) is 18.4 Å². The van der Waals surface area contributed by atoms with E-state index in [1.807, 2.05) is 0 Å². The number of carbonyl (C=O) groups is 2. The summed E-state index contributed by atoms with van der Waals surface area (Å²) in [5.74, 6) is -2.10. The molecule has 0 aliphatic carbocycles. The van der Waals surface area contributed by atoms with Crippen LogP contribution in [0.15, 0.2) is 42.5 Å². The Kier molecular flexibility index (Phi) is 3.82. The van der Waals surface area contributed by atoms with E-state index in [1.165, 1.54) is 24.3 Å². The summed E-state index contributed by atoms with van der Waals surface area (Å²) in [6, 6.07) is 9.22. The highest BCUT2D eigenvalue weighted by atomic mass is 19.1. The first-order valence-electron chi connectivity index (χ1n) is 7.11. The molecule has 1 N–H and O–H groups in total. The molecule has 118 valence electrons. The highest BCUT2D eigenvalue weighted by Crippen LogP contribution is 2.27. The second kappa shape index (κ2) is 5.79. The van der Waals surface area contributed by atoms with Crippen molar-refractivity contribution in [1.82, 2.24) is 0 Å². The number of rotatable bonds is 3. The Labute approximate surface area is 131 Å². The first kappa shape index (κ1) is 15.1. The zero-order valence-corrected chi connectivity index (χ0v) is 12.3. The molecular weight excluding hydrogens is 302 g/mol. The molecule has 2 aromatic rings. The van der Waals surface area contributed by atoms with Crippen molar-refractivity contribution < 1.29 is 18.4 Å². The van der Waals surface area contributed by atoms with E-state index in [0.717, 1.165) is 4.90 Å². The number of nitrogens with one attached hydrogen (secondary N) is 1. The van der Waals surface area contributed by atoms with Crippen LogP contribution in [0.3, 0.4) is 0 Å². The first-order valence-corrected chi connectivity index (χ1v) is 7.11. The van der Waals surface area contributed by atoms with Gasteiger partial charge in [0.1, 0.15) is 17.7 Å². The molecule has 3 rings (SSSR count). The maximum atomic E-state index is 13.8. The Morgan fingerprint density at radius 3 is 2.52 bits per heavy atom. The second-order valence-electron chi connectivity index (χ2n) is 5.38. The van der Waals surface area contributed by atoms with E-state index >= 15 is 0 Å². The van der Waals surface area contributed by atoms with Crippen molar-refractivity contribution in [1.29, 1.82) is 0 Å². The molecule has 0 spiro atoms. The maximum absolute atomic E-state index is 13.8. The van der Waals surface area contributed by atoms with E-state index in [1.54, 1.807) is 25.1 Å². The lowest BCUT2D eigenvalue weighted by Crippen LogP contribution is -2.35. The third-order valence-electron chi connectivity index (χ3n) is 3.75. The van der Waals surface area contributed by atoms with Gasteiger partial charge in [-0.1, -0.05) is 18.2 Å². The van der Waals surface area contributed by atoms with Gasteiger partial charge in [-0.05, 0) is 36.8 Å². The van der Waals surface area contributed by atoms with Crippen LogP contribution in [0.4, 0.5) is 20.2 Å². The number of hydrogen-bond acceptors (Lipinski definition) is 3. The lowest BCUT2D eigenvalue weighted by atomic mass is 10.2. The molecule has 1 saturated heterocycles. The molecule has 0 radical (unpaired) electrons. The Morgan fingerprint density at radius 2 is 1.83 bits per heavy atom. The van der Waals surface area contributed by atoms with Crippen LogP contribution in [0.25, 0.3) is 0 Å². The van der Waals surface area contributed by atoms with Gasteiger partial charge in [-0.25, -0.2) is 13.7 Å². The van der Waals surface area contributed by atoms with Gasteiger partial charge in [0.15, 0.2) is 0 Å². The predicted molar refractivity (Wildman–Crippen MR) is 82.1 cm³/mol. The van der Waals surface area contributed by atoms with E-state index in [2.05, 4.69) is 5.32 Å². The van der Waals surface area contributed by atoms with E-state index in [-0.39, 0.29) is 12.1 Å². The van der Waals surface area contributed by atoms with Gasteiger partial charge in [-0.2, -0.15) is 0 Å². The lowest BCUT2D eigenvalue weighted by Gasteiger charge is -2.16. The van der Waals surface area contributed by atoms with Crippen LogP contribution in [0.1, 0.15) is 12.0 Å². The van der Waals surface area contributed by atoms with Crippen LogP contribution in [-0.4, -0.2) is 17.9 Å². The van der Waals surface area contributed by atoms with Crippen LogP contribution in [0.2, 0.25) is 0 Å². The SMILES string of the molecule is Cc1ccc(N[C@H]2CC(=O)N(c3ccccc3F)C2=O)cc1F. The van der Waals surface area contributed by atoms with Crippen molar-refractivity contribution in [2.45, 2.75) is 19.4 Å². The number of imide groups is 1. The highest BCUT2D eigenvalue weighted by molar-refractivity contribution is 6.23. The van der Waals surface area contributed by atoms with Crippen molar-refractivity contribution in [2.24, 2.45) is 0 Å². The average molecular weight is 316 g/mol. The minimum Gasteiger partial charge on any atom is -0.373 e. The first-order chi connectivity index (χ1) is 11.0. The van der Waals surface area contributed by atoms with Crippen LogP contribution in [-0.2, 0) is 9.59 Å². The Balaban J connectivity index is 1.84. The summed E-state index contributed by atoms with van der Waals surface area (Å²) in [5.41, 5.74) is 0.814. The Bertz CT molecular complexity index is 792. The molecule has 0 unspecified atom stereocenters. The van der Waals surface area contributed by atoms with Crippen molar-refractivity contribution in [3.05, 3.63) is 59.7 Å². The smallest absolute Gasteiger partial charge is 0.256 e. The zero-order chi connectivity index (χ0) is 16.6. The molecule has 6 heteroatoms. The molecule has 1 atom stereocenters. The fourth-order valence-corrected chi connectivity index (χ4v) is 2.51. The normalized spacial score (nSPS) is 17.7. The number of amides is 2. The fourth-order valence-electron chi connectivity index (χ4n) is 2.51. The van der Waals surface area contributed by atoms with Gasteiger partial charge in [0.25, 0.3) is 5.91 Å². The predicted octanol–water partition coefficient (Wildman–Crippen LogP) is 3.02. The van der Waals surface area contributed by atoms with Gasteiger partial charge < -0.3 is 5.32 Å². The standard InChI is InChI=1S/C17H14F2N2O2/c1-10-6-7-11(8-13(10)19)20-14-9-16(22)21(17(14)23)15-5-3-2-4-12(15)18/h2-8,14,20H,9H2,1H3/t14-/m0/s1. The molecular formula is C17H14F2N2O2. The Hall–Kier alpha value is -2.76. The quantitative estimate of drug-likeness (QED) is 0.886. The Morgan fingerprint density at radius 1 is 1.09 bits per heavy atom. The van der Waals surface area contributed by atoms with Gasteiger partial charge in [0, 0.05) is 5.69 Å². The zero-order valence-electron chi connectivity index (χ0n) is 12.3. The number of aryl methyl sites for hydroxylation is 1.